The molecule has 2 atom stereocenters. The van der Waals surface area contributed by atoms with E-state index >= 15 is 0 Å². The predicted octanol–water partition coefficient (Wildman–Crippen LogP) is 4.04. The summed E-state index contributed by atoms with van der Waals surface area (Å²) in [4.78, 5) is 12.5. The summed E-state index contributed by atoms with van der Waals surface area (Å²) in [7, 11) is -2.27. The normalized spacial score (nSPS) is 20.3. The number of methoxy groups -OCH3 is 1. The van der Waals surface area contributed by atoms with E-state index in [0.29, 0.717) is 5.69 Å². The number of nitrogens with zero attached hydrogens (tertiary/aromatic N) is 1. The van der Waals surface area contributed by atoms with Crippen LogP contribution in [0.15, 0.2) is 47.4 Å². The maximum Gasteiger partial charge on any atom is 0.255 e. The molecule has 1 aliphatic heterocycles. The number of anilines is 1. The van der Waals surface area contributed by atoms with Crippen LogP contribution in [0.25, 0.3) is 0 Å². The quantitative estimate of drug-likeness (QED) is 0.792. The molecular weight excluding hydrogens is 395 g/mol. The Morgan fingerprint density at radius 3 is 2.28 bits per heavy atom. The molecule has 29 heavy (non-hydrogen) atoms. The third-order valence-corrected chi connectivity index (χ3v) is 7.36. The average molecular weight is 421 g/mol. The number of sulfonamides is 1. The first-order chi connectivity index (χ1) is 13.7. The molecule has 0 bridgehead atoms. The SMILES string of the molecule is COc1ccc(C(=O)Nc2ccc(S(=O)(=O)N3[C@@H](C)CCC[C@@H]3C)cc2)cc1F. The Morgan fingerprint density at radius 2 is 1.72 bits per heavy atom. The van der Waals surface area contributed by atoms with Gasteiger partial charge in [-0.3, -0.25) is 4.79 Å². The number of carbonyl (C=O) groups is 1. The van der Waals surface area contributed by atoms with Crippen LogP contribution < -0.4 is 10.1 Å². The van der Waals surface area contributed by atoms with E-state index in [2.05, 4.69) is 5.32 Å². The van der Waals surface area contributed by atoms with E-state index in [1.54, 1.807) is 4.31 Å². The van der Waals surface area contributed by atoms with E-state index in [1.807, 2.05) is 13.8 Å². The number of piperidine rings is 1. The lowest BCUT2D eigenvalue weighted by Crippen LogP contribution is -2.47. The number of hydrogen-bond acceptors (Lipinski definition) is 4. The molecule has 6 nitrogen and oxygen atoms in total. The molecule has 0 aliphatic carbocycles. The Labute approximate surface area is 170 Å². The van der Waals surface area contributed by atoms with E-state index < -0.39 is 21.7 Å². The topological polar surface area (TPSA) is 75.7 Å². The summed E-state index contributed by atoms with van der Waals surface area (Å²) in [6.07, 6.45) is 2.71. The molecule has 0 saturated carbocycles. The minimum atomic E-state index is -3.61. The second-order valence-corrected chi connectivity index (χ2v) is 9.13. The van der Waals surface area contributed by atoms with Crippen LogP contribution in [0.3, 0.4) is 0 Å². The first-order valence-corrected chi connectivity index (χ1v) is 11.0. The molecule has 1 heterocycles. The van der Waals surface area contributed by atoms with Crippen molar-refractivity contribution in [2.45, 2.75) is 50.1 Å². The number of nitrogens with one attached hydrogen (secondary N) is 1. The van der Waals surface area contributed by atoms with Gasteiger partial charge in [0.05, 0.1) is 12.0 Å². The Balaban J connectivity index is 1.76. The molecule has 8 heteroatoms. The van der Waals surface area contributed by atoms with Gasteiger partial charge in [0.25, 0.3) is 5.91 Å². The number of ether oxygens (including phenoxy) is 1. The zero-order valence-corrected chi connectivity index (χ0v) is 17.5. The fourth-order valence-corrected chi connectivity index (χ4v) is 5.60. The number of benzene rings is 2. The van der Waals surface area contributed by atoms with Crippen molar-refractivity contribution < 1.29 is 22.3 Å². The molecule has 156 valence electrons. The molecule has 1 fully saturated rings. The molecule has 0 radical (unpaired) electrons. The van der Waals surface area contributed by atoms with E-state index in [0.717, 1.165) is 25.3 Å². The molecule has 1 saturated heterocycles. The highest BCUT2D eigenvalue weighted by molar-refractivity contribution is 7.89. The van der Waals surface area contributed by atoms with Crippen molar-refractivity contribution in [3.8, 4) is 5.75 Å². The second kappa shape index (κ2) is 8.51. The van der Waals surface area contributed by atoms with Crippen LogP contribution in [0.2, 0.25) is 0 Å². The van der Waals surface area contributed by atoms with Gasteiger partial charge in [0.2, 0.25) is 10.0 Å². The van der Waals surface area contributed by atoms with Crippen LogP contribution in [-0.4, -0.2) is 37.8 Å². The summed E-state index contributed by atoms with van der Waals surface area (Å²) in [6, 6.07) is 9.85. The van der Waals surface area contributed by atoms with Gasteiger partial charge in [-0.1, -0.05) is 6.42 Å². The van der Waals surface area contributed by atoms with Crippen molar-refractivity contribution in [1.29, 1.82) is 0 Å². The molecule has 1 N–H and O–H groups in total. The molecule has 1 amide bonds. The maximum absolute atomic E-state index is 13.8. The smallest absolute Gasteiger partial charge is 0.255 e. The summed E-state index contributed by atoms with van der Waals surface area (Å²) in [6.45, 7) is 3.85. The first-order valence-electron chi connectivity index (χ1n) is 9.52. The van der Waals surface area contributed by atoms with Gasteiger partial charge in [0, 0.05) is 23.3 Å². The lowest BCUT2D eigenvalue weighted by Gasteiger charge is -2.37. The van der Waals surface area contributed by atoms with Crippen LogP contribution in [0.4, 0.5) is 10.1 Å². The fraction of sp³-hybridized carbons (Fsp3) is 0.381. The van der Waals surface area contributed by atoms with Crippen LogP contribution in [0.5, 0.6) is 5.75 Å². The zero-order valence-electron chi connectivity index (χ0n) is 16.7. The monoisotopic (exact) mass is 420 g/mol. The van der Waals surface area contributed by atoms with Crippen molar-refractivity contribution in [2.75, 3.05) is 12.4 Å². The maximum atomic E-state index is 13.8. The van der Waals surface area contributed by atoms with Gasteiger partial charge < -0.3 is 10.1 Å². The van der Waals surface area contributed by atoms with Gasteiger partial charge in [0.15, 0.2) is 11.6 Å². The number of carbonyl (C=O) groups excluding carboxylic acids is 1. The summed E-state index contributed by atoms with van der Waals surface area (Å²) < 4.78 is 46.3. The number of hydrogen-bond donors (Lipinski definition) is 1. The minimum absolute atomic E-state index is 0.0481. The zero-order chi connectivity index (χ0) is 21.2. The Bertz CT molecular complexity index is 982. The van der Waals surface area contributed by atoms with Crippen molar-refractivity contribution in [1.82, 2.24) is 4.31 Å². The highest BCUT2D eigenvalue weighted by Crippen LogP contribution is 2.30. The summed E-state index contributed by atoms with van der Waals surface area (Å²) in [5.41, 5.74) is 0.556. The second-order valence-electron chi connectivity index (χ2n) is 7.29. The van der Waals surface area contributed by atoms with Gasteiger partial charge in [-0.05, 0) is 69.2 Å². The van der Waals surface area contributed by atoms with Crippen molar-refractivity contribution >= 4 is 21.6 Å². The Morgan fingerprint density at radius 1 is 1.10 bits per heavy atom. The third-order valence-electron chi connectivity index (χ3n) is 5.21. The van der Waals surface area contributed by atoms with E-state index in [4.69, 9.17) is 4.74 Å². The molecule has 0 unspecified atom stereocenters. The van der Waals surface area contributed by atoms with E-state index in [9.17, 15) is 17.6 Å². The predicted molar refractivity (Wildman–Crippen MR) is 109 cm³/mol. The highest BCUT2D eigenvalue weighted by Gasteiger charge is 2.35. The molecular formula is C21H25FN2O4S. The molecule has 1 aliphatic rings. The molecule has 3 rings (SSSR count). The number of halogens is 1. The Hall–Kier alpha value is -2.45. The summed E-state index contributed by atoms with van der Waals surface area (Å²) in [5, 5.41) is 2.64. The molecule has 2 aromatic rings. The van der Waals surface area contributed by atoms with Gasteiger partial charge in [-0.2, -0.15) is 4.31 Å². The fourth-order valence-electron chi connectivity index (χ4n) is 3.71. The van der Waals surface area contributed by atoms with Crippen LogP contribution in [-0.2, 0) is 10.0 Å². The van der Waals surface area contributed by atoms with Gasteiger partial charge in [-0.25, -0.2) is 12.8 Å². The summed E-state index contributed by atoms with van der Waals surface area (Å²) >= 11 is 0. The highest BCUT2D eigenvalue weighted by atomic mass is 32.2. The molecule has 2 aromatic carbocycles. The standard InChI is InChI=1S/C21H25FN2O4S/c1-14-5-4-6-15(2)24(14)29(26,27)18-10-8-17(9-11-18)23-21(25)16-7-12-20(28-3)19(22)13-16/h7-15H,4-6H2,1-3H3,(H,23,25)/t14-,15-/m0/s1. The molecule has 0 spiro atoms. The van der Waals surface area contributed by atoms with Crippen LogP contribution in [0, 0.1) is 5.82 Å². The number of rotatable bonds is 5. The van der Waals surface area contributed by atoms with Crippen molar-refractivity contribution in [3.05, 3.63) is 53.8 Å². The van der Waals surface area contributed by atoms with E-state index in [-0.39, 0.29) is 28.3 Å². The van der Waals surface area contributed by atoms with Crippen molar-refractivity contribution in [3.63, 3.8) is 0 Å². The number of amides is 1. The van der Waals surface area contributed by atoms with Gasteiger partial charge in [0.1, 0.15) is 0 Å². The van der Waals surface area contributed by atoms with Crippen molar-refractivity contribution in [2.24, 2.45) is 0 Å². The van der Waals surface area contributed by atoms with Gasteiger partial charge >= 0.3 is 0 Å². The lowest BCUT2D eigenvalue weighted by molar-refractivity contribution is 0.102. The average Bonchev–Trinajstić information content (AvgIpc) is 2.68. The van der Waals surface area contributed by atoms with Gasteiger partial charge in [-0.15, -0.1) is 0 Å². The van der Waals surface area contributed by atoms with E-state index in [1.165, 1.54) is 43.5 Å². The first kappa shape index (κ1) is 21.3. The van der Waals surface area contributed by atoms with Crippen LogP contribution in [0.1, 0.15) is 43.5 Å². The third kappa shape index (κ3) is 4.43. The Kier molecular flexibility index (Phi) is 6.24. The lowest BCUT2D eigenvalue weighted by atomic mass is 10.0. The molecule has 0 aromatic heterocycles. The summed E-state index contributed by atoms with van der Waals surface area (Å²) in [5.74, 6) is -1.08. The minimum Gasteiger partial charge on any atom is -0.494 e. The largest absolute Gasteiger partial charge is 0.494 e. The van der Waals surface area contributed by atoms with Crippen LogP contribution >= 0.6 is 0 Å².